The molecule has 4 aromatic rings. The molecule has 12 heteroatoms. The lowest BCUT2D eigenvalue weighted by Crippen LogP contribution is -2.46. The highest BCUT2D eigenvalue weighted by molar-refractivity contribution is 7.93. The number of benzene rings is 4. The van der Waals surface area contributed by atoms with E-state index in [1.165, 1.54) is 24.3 Å². The van der Waals surface area contributed by atoms with Crippen LogP contribution in [0.3, 0.4) is 0 Å². The van der Waals surface area contributed by atoms with Crippen LogP contribution in [0.1, 0.15) is 32.7 Å². The molecule has 44 heavy (non-hydrogen) atoms. The SMILES string of the molecule is O=C(O)CN(c1cccc2c(C(=O)CCc3ccccc3C(=O)N3CCNCC3)cccc12)S(=O)(=O)c1cc(Cl)cc(Cl)c1. The van der Waals surface area contributed by atoms with E-state index in [1.54, 1.807) is 47.4 Å². The van der Waals surface area contributed by atoms with Gasteiger partial charge in [-0.25, -0.2) is 8.42 Å². The van der Waals surface area contributed by atoms with Crippen molar-refractivity contribution in [1.29, 1.82) is 0 Å². The maximum absolute atomic E-state index is 13.7. The third-order valence-corrected chi connectivity index (χ3v) is 9.62. The number of Topliss-reactive ketones (excluding diaryl/α,β-unsaturated/α-hetero) is 1. The van der Waals surface area contributed by atoms with E-state index in [2.05, 4.69) is 5.32 Å². The van der Waals surface area contributed by atoms with Crippen LogP contribution in [0.4, 0.5) is 5.69 Å². The Morgan fingerprint density at radius 3 is 2.18 bits per heavy atom. The molecular formula is C32H29Cl2N3O6S. The summed E-state index contributed by atoms with van der Waals surface area (Å²) in [6.07, 6.45) is 0.436. The second-order valence-corrected chi connectivity index (χ2v) is 13.0. The number of carbonyl (C=O) groups is 3. The van der Waals surface area contributed by atoms with Gasteiger partial charge in [-0.05, 0) is 47.7 Å². The summed E-state index contributed by atoms with van der Waals surface area (Å²) in [5.74, 6) is -1.64. The van der Waals surface area contributed by atoms with E-state index in [4.69, 9.17) is 23.2 Å². The first-order chi connectivity index (χ1) is 21.1. The fourth-order valence-corrected chi connectivity index (χ4v) is 7.51. The number of amides is 1. The monoisotopic (exact) mass is 653 g/mol. The Morgan fingerprint density at radius 1 is 0.841 bits per heavy atom. The van der Waals surface area contributed by atoms with Crippen molar-refractivity contribution in [2.45, 2.75) is 17.7 Å². The maximum Gasteiger partial charge on any atom is 0.324 e. The number of ketones is 1. The highest BCUT2D eigenvalue weighted by atomic mass is 35.5. The van der Waals surface area contributed by atoms with Gasteiger partial charge < -0.3 is 15.3 Å². The first-order valence-electron chi connectivity index (χ1n) is 13.9. The predicted octanol–water partition coefficient (Wildman–Crippen LogP) is 5.29. The number of aryl methyl sites for hydroxylation is 1. The second kappa shape index (κ2) is 13.4. The number of carbonyl (C=O) groups excluding carboxylic acids is 2. The average molecular weight is 655 g/mol. The molecule has 0 saturated carbocycles. The molecule has 5 rings (SSSR count). The zero-order chi connectivity index (χ0) is 31.4. The zero-order valence-corrected chi connectivity index (χ0v) is 25.8. The predicted molar refractivity (Wildman–Crippen MR) is 170 cm³/mol. The van der Waals surface area contributed by atoms with E-state index < -0.39 is 22.5 Å². The summed E-state index contributed by atoms with van der Waals surface area (Å²) in [4.78, 5) is 40.2. The van der Waals surface area contributed by atoms with Gasteiger partial charge >= 0.3 is 5.97 Å². The molecule has 0 bridgehead atoms. The number of piperazine rings is 1. The third kappa shape index (κ3) is 6.73. The molecule has 4 aromatic carbocycles. The summed E-state index contributed by atoms with van der Waals surface area (Å²) in [6.45, 7) is 1.81. The molecule has 1 heterocycles. The van der Waals surface area contributed by atoms with E-state index in [0.717, 1.165) is 23.0 Å². The summed E-state index contributed by atoms with van der Waals surface area (Å²) < 4.78 is 28.2. The Hall–Kier alpha value is -3.96. The van der Waals surface area contributed by atoms with E-state index in [1.807, 2.05) is 12.1 Å². The van der Waals surface area contributed by atoms with E-state index in [-0.39, 0.29) is 38.7 Å². The average Bonchev–Trinajstić information content (AvgIpc) is 3.01. The summed E-state index contributed by atoms with van der Waals surface area (Å²) in [5, 5.41) is 13.9. The molecule has 0 aromatic heterocycles. The van der Waals surface area contributed by atoms with Crippen molar-refractivity contribution in [2.24, 2.45) is 0 Å². The van der Waals surface area contributed by atoms with Crippen molar-refractivity contribution in [1.82, 2.24) is 10.2 Å². The second-order valence-electron chi connectivity index (χ2n) is 10.3. The standard InChI is InChI=1S/C32H29Cl2N3O6S/c33-22-17-23(34)19-24(18-22)44(42,43)37(20-31(39)40)29-10-4-7-26-27(29)8-3-9-28(26)30(38)12-11-21-5-1-2-6-25(21)32(41)36-15-13-35-14-16-36/h1-10,17-19,35H,11-16,20H2,(H,39,40). The van der Waals surface area contributed by atoms with Gasteiger partial charge in [0.1, 0.15) is 6.54 Å². The molecule has 9 nitrogen and oxygen atoms in total. The van der Waals surface area contributed by atoms with Crippen LogP contribution in [0.5, 0.6) is 0 Å². The molecule has 1 fully saturated rings. The first kappa shape index (κ1) is 31.5. The number of hydrogen-bond acceptors (Lipinski definition) is 6. The number of anilines is 1. The number of fused-ring (bicyclic) bond motifs is 1. The quantitative estimate of drug-likeness (QED) is 0.223. The van der Waals surface area contributed by atoms with Crippen LogP contribution in [0.25, 0.3) is 10.8 Å². The van der Waals surface area contributed by atoms with Crippen molar-refractivity contribution in [3.8, 4) is 0 Å². The van der Waals surface area contributed by atoms with Gasteiger partial charge in [-0.3, -0.25) is 18.7 Å². The fraction of sp³-hybridized carbons (Fsp3) is 0.219. The van der Waals surface area contributed by atoms with E-state index in [9.17, 15) is 27.9 Å². The van der Waals surface area contributed by atoms with Gasteiger partial charge in [-0.2, -0.15) is 0 Å². The zero-order valence-electron chi connectivity index (χ0n) is 23.5. The molecule has 0 aliphatic carbocycles. The Balaban J connectivity index is 1.47. The number of hydrogen-bond donors (Lipinski definition) is 2. The Labute approximate surface area is 265 Å². The van der Waals surface area contributed by atoms with Crippen LogP contribution >= 0.6 is 23.2 Å². The van der Waals surface area contributed by atoms with Crippen LogP contribution in [0.15, 0.2) is 83.8 Å². The molecule has 2 N–H and O–H groups in total. The molecule has 0 unspecified atom stereocenters. The summed E-state index contributed by atoms with van der Waals surface area (Å²) in [6, 6.07) is 20.7. The van der Waals surface area contributed by atoms with Crippen molar-refractivity contribution in [2.75, 3.05) is 37.0 Å². The number of sulfonamides is 1. The van der Waals surface area contributed by atoms with Crippen LogP contribution in [0, 0.1) is 0 Å². The summed E-state index contributed by atoms with van der Waals surface area (Å²) in [7, 11) is -4.43. The molecule has 0 spiro atoms. The lowest BCUT2D eigenvalue weighted by atomic mass is 9.95. The lowest BCUT2D eigenvalue weighted by molar-refractivity contribution is -0.135. The Kier molecular flexibility index (Phi) is 9.55. The molecule has 1 saturated heterocycles. The fourth-order valence-electron chi connectivity index (χ4n) is 5.35. The molecule has 1 aliphatic heterocycles. The van der Waals surface area contributed by atoms with Gasteiger partial charge in [-0.15, -0.1) is 0 Å². The van der Waals surface area contributed by atoms with Crippen molar-refractivity contribution < 1.29 is 27.9 Å². The largest absolute Gasteiger partial charge is 0.480 e. The van der Waals surface area contributed by atoms with E-state index >= 15 is 0 Å². The summed E-state index contributed by atoms with van der Waals surface area (Å²) >= 11 is 12.1. The Morgan fingerprint density at radius 2 is 1.48 bits per heavy atom. The minimum Gasteiger partial charge on any atom is -0.480 e. The molecular weight excluding hydrogens is 625 g/mol. The van der Waals surface area contributed by atoms with Crippen LogP contribution in [-0.4, -0.2) is 68.8 Å². The van der Waals surface area contributed by atoms with Crippen molar-refractivity contribution >= 4 is 67.3 Å². The molecule has 1 aliphatic rings. The van der Waals surface area contributed by atoms with Gasteiger partial charge in [0.2, 0.25) is 0 Å². The van der Waals surface area contributed by atoms with Gasteiger partial charge in [0.25, 0.3) is 15.9 Å². The summed E-state index contributed by atoms with van der Waals surface area (Å²) in [5.41, 5.74) is 1.78. The molecule has 0 atom stereocenters. The van der Waals surface area contributed by atoms with Crippen molar-refractivity contribution in [3.05, 3.63) is 106 Å². The highest BCUT2D eigenvalue weighted by Gasteiger charge is 2.30. The number of nitrogens with one attached hydrogen (secondary N) is 1. The molecule has 1 amide bonds. The van der Waals surface area contributed by atoms with Gasteiger partial charge in [0, 0.05) is 59.2 Å². The lowest BCUT2D eigenvalue weighted by Gasteiger charge is -2.28. The van der Waals surface area contributed by atoms with E-state index in [0.29, 0.717) is 41.4 Å². The smallest absolute Gasteiger partial charge is 0.324 e. The number of halogens is 2. The minimum absolute atomic E-state index is 0.0647. The number of aliphatic carboxylic acids is 1. The van der Waals surface area contributed by atoms with Crippen LogP contribution in [0.2, 0.25) is 10.0 Å². The van der Waals surface area contributed by atoms with Crippen LogP contribution < -0.4 is 9.62 Å². The third-order valence-electron chi connectivity index (χ3n) is 7.44. The topological polar surface area (TPSA) is 124 Å². The van der Waals surface area contributed by atoms with Crippen molar-refractivity contribution in [3.63, 3.8) is 0 Å². The molecule has 228 valence electrons. The van der Waals surface area contributed by atoms with Gasteiger partial charge in [0.05, 0.1) is 10.6 Å². The number of carboxylic acid groups (broad SMARTS) is 1. The van der Waals surface area contributed by atoms with Gasteiger partial charge in [-0.1, -0.05) is 71.7 Å². The first-order valence-corrected chi connectivity index (χ1v) is 16.1. The van der Waals surface area contributed by atoms with Crippen LogP contribution in [-0.2, 0) is 21.2 Å². The maximum atomic E-state index is 13.7. The number of carboxylic acids is 1. The number of rotatable bonds is 10. The van der Waals surface area contributed by atoms with Gasteiger partial charge in [0.15, 0.2) is 5.78 Å². The minimum atomic E-state index is -4.43. The number of nitrogens with zero attached hydrogens (tertiary/aromatic N) is 2. The molecule has 0 radical (unpaired) electrons. The Bertz CT molecular complexity index is 1840. The highest BCUT2D eigenvalue weighted by Crippen LogP contribution is 2.34. The normalized spacial score (nSPS) is 13.5.